The average molecular weight is 374 g/mol. The van der Waals surface area contributed by atoms with Crippen molar-refractivity contribution in [3.05, 3.63) is 102 Å². The number of aromatic nitrogens is 1. The lowest BCUT2D eigenvalue weighted by Crippen LogP contribution is -1.99. The lowest BCUT2D eigenvalue weighted by Gasteiger charge is -2.14. The molecule has 0 unspecified atom stereocenters. The summed E-state index contributed by atoms with van der Waals surface area (Å²) >= 11 is 3.78. The summed E-state index contributed by atoms with van der Waals surface area (Å²) in [6, 6.07) is 33.7. The molecule has 116 valence electrons. The minimum Gasteiger partial charge on any atom is -0.308 e. The third kappa shape index (κ3) is 2.70. The summed E-state index contributed by atoms with van der Waals surface area (Å²) < 4.78 is 3.41. The van der Waals surface area contributed by atoms with Crippen LogP contribution in [-0.2, 0) is 0 Å². The summed E-state index contributed by atoms with van der Waals surface area (Å²) in [5.74, 6) is 0. The monoisotopic (exact) mass is 373 g/mol. The zero-order chi connectivity index (χ0) is 16.4. The summed E-state index contributed by atoms with van der Waals surface area (Å²) in [6.45, 7) is 0. The second kappa shape index (κ2) is 6.50. The summed E-state index contributed by atoms with van der Waals surface area (Å²) in [5.41, 5.74) is 5.88. The van der Waals surface area contributed by atoms with Gasteiger partial charge in [0.2, 0.25) is 0 Å². The second-order valence-corrected chi connectivity index (χ2v) is 6.48. The van der Waals surface area contributed by atoms with E-state index >= 15 is 0 Å². The Balaban J connectivity index is 2.03. The van der Waals surface area contributed by atoms with Gasteiger partial charge < -0.3 is 4.57 Å². The van der Waals surface area contributed by atoms with Crippen LogP contribution in [0.25, 0.3) is 28.2 Å². The first-order chi connectivity index (χ1) is 11.8. The number of halogens is 1. The van der Waals surface area contributed by atoms with Crippen molar-refractivity contribution in [1.29, 1.82) is 0 Å². The van der Waals surface area contributed by atoms with E-state index < -0.39 is 0 Å². The highest BCUT2D eigenvalue weighted by Gasteiger charge is 2.17. The summed E-state index contributed by atoms with van der Waals surface area (Å²) in [6.07, 6.45) is 0. The number of rotatable bonds is 3. The summed E-state index contributed by atoms with van der Waals surface area (Å²) in [7, 11) is 0. The van der Waals surface area contributed by atoms with E-state index in [9.17, 15) is 0 Å². The lowest BCUT2D eigenvalue weighted by molar-refractivity contribution is 1.09. The zero-order valence-electron chi connectivity index (χ0n) is 13.1. The number of hydrogen-bond acceptors (Lipinski definition) is 0. The van der Waals surface area contributed by atoms with Crippen LogP contribution in [0.1, 0.15) is 0 Å². The molecule has 3 aromatic carbocycles. The van der Waals surface area contributed by atoms with E-state index in [0.29, 0.717) is 0 Å². The molecule has 24 heavy (non-hydrogen) atoms. The molecule has 0 bridgehead atoms. The molecule has 1 heterocycles. The van der Waals surface area contributed by atoms with Gasteiger partial charge in [-0.2, -0.15) is 0 Å². The van der Waals surface area contributed by atoms with Gasteiger partial charge >= 0.3 is 0 Å². The standard InChI is InChI=1S/C22H16BrN/c23-20-16-21(17-10-4-1-5-11-17)24(19-14-8-3-9-15-19)22(20)18-12-6-2-7-13-18/h1-16H. The molecule has 0 N–H and O–H groups in total. The number of benzene rings is 3. The van der Waals surface area contributed by atoms with Gasteiger partial charge in [-0.1, -0.05) is 78.9 Å². The van der Waals surface area contributed by atoms with Crippen LogP contribution in [0.2, 0.25) is 0 Å². The third-order valence-electron chi connectivity index (χ3n) is 4.09. The molecule has 2 heteroatoms. The van der Waals surface area contributed by atoms with E-state index in [0.717, 1.165) is 10.2 Å². The highest BCUT2D eigenvalue weighted by molar-refractivity contribution is 9.10. The Hall–Kier alpha value is -2.58. The van der Waals surface area contributed by atoms with Gasteiger partial charge in [0, 0.05) is 10.2 Å². The molecule has 0 radical (unpaired) electrons. The Kier molecular flexibility index (Phi) is 4.06. The van der Waals surface area contributed by atoms with Crippen molar-refractivity contribution in [3.63, 3.8) is 0 Å². The first kappa shape index (κ1) is 15.0. The molecular weight excluding hydrogens is 358 g/mol. The SMILES string of the molecule is Brc1cc(-c2ccccc2)n(-c2ccccc2)c1-c1ccccc1. The van der Waals surface area contributed by atoms with Crippen LogP contribution in [0, 0.1) is 0 Å². The Labute approximate surface area is 150 Å². The van der Waals surface area contributed by atoms with Crippen molar-refractivity contribution in [2.75, 3.05) is 0 Å². The van der Waals surface area contributed by atoms with Crippen molar-refractivity contribution >= 4 is 15.9 Å². The van der Waals surface area contributed by atoms with E-state index in [1.807, 2.05) is 18.2 Å². The Morgan fingerprint density at radius 2 is 1.08 bits per heavy atom. The normalized spacial score (nSPS) is 10.7. The minimum absolute atomic E-state index is 1.09. The maximum atomic E-state index is 3.78. The van der Waals surface area contributed by atoms with Crippen molar-refractivity contribution in [2.24, 2.45) is 0 Å². The summed E-state index contributed by atoms with van der Waals surface area (Å²) in [4.78, 5) is 0. The molecule has 1 aromatic heterocycles. The van der Waals surface area contributed by atoms with Crippen molar-refractivity contribution in [3.8, 4) is 28.2 Å². The quantitative estimate of drug-likeness (QED) is 0.382. The topological polar surface area (TPSA) is 4.93 Å². The van der Waals surface area contributed by atoms with Crippen LogP contribution in [-0.4, -0.2) is 4.57 Å². The molecule has 4 aromatic rings. The number of hydrogen-bond donors (Lipinski definition) is 0. The largest absolute Gasteiger partial charge is 0.308 e. The Bertz CT molecular complexity index is 941. The maximum Gasteiger partial charge on any atom is 0.0677 e. The lowest BCUT2D eigenvalue weighted by atomic mass is 10.1. The molecule has 1 nitrogen and oxygen atoms in total. The third-order valence-corrected chi connectivity index (χ3v) is 4.69. The second-order valence-electron chi connectivity index (χ2n) is 5.63. The molecule has 4 rings (SSSR count). The van der Waals surface area contributed by atoms with Crippen LogP contribution < -0.4 is 0 Å². The van der Waals surface area contributed by atoms with Crippen LogP contribution in [0.4, 0.5) is 0 Å². The van der Waals surface area contributed by atoms with E-state index in [2.05, 4.69) is 99.4 Å². The van der Waals surface area contributed by atoms with Crippen LogP contribution in [0.15, 0.2) is 102 Å². The fourth-order valence-corrected chi connectivity index (χ4v) is 3.63. The number of nitrogens with zero attached hydrogens (tertiary/aromatic N) is 1. The molecule has 0 aliphatic heterocycles. The maximum absolute atomic E-state index is 3.78. The zero-order valence-corrected chi connectivity index (χ0v) is 14.6. The van der Waals surface area contributed by atoms with Crippen LogP contribution in [0.5, 0.6) is 0 Å². The van der Waals surface area contributed by atoms with Gasteiger partial charge in [-0.25, -0.2) is 0 Å². The Morgan fingerprint density at radius 1 is 0.583 bits per heavy atom. The smallest absolute Gasteiger partial charge is 0.0677 e. The van der Waals surface area contributed by atoms with Gasteiger partial charge in [0.15, 0.2) is 0 Å². The Morgan fingerprint density at radius 3 is 1.67 bits per heavy atom. The molecule has 0 amide bonds. The van der Waals surface area contributed by atoms with Crippen molar-refractivity contribution < 1.29 is 0 Å². The first-order valence-corrected chi connectivity index (χ1v) is 8.71. The van der Waals surface area contributed by atoms with Gasteiger partial charge in [-0.15, -0.1) is 0 Å². The van der Waals surface area contributed by atoms with E-state index in [1.165, 1.54) is 22.5 Å². The predicted molar refractivity (Wildman–Crippen MR) is 104 cm³/mol. The fraction of sp³-hybridized carbons (Fsp3) is 0. The van der Waals surface area contributed by atoms with Crippen molar-refractivity contribution in [1.82, 2.24) is 4.57 Å². The van der Waals surface area contributed by atoms with E-state index in [-0.39, 0.29) is 0 Å². The highest BCUT2D eigenvalue weighted by atomic mass is 79.9. The van der Waals surface area contributed by atoms with Gasteiger partial charge in [0.25, 0.3) is 0 Å². The van der Waals surface area contributed by atoms with Crippen molar-refractivity contribution in [2.45, 2.75) is 0 Å². The molecular formula is C22H16BrN. The molecule has 0 atom stereocenters. The van der Waals surface area contributed by atoms with E-state index in [1.54, 1.807) is 0 Å². The highest BCUT2D eigenvalue weighted by Crippen LogP contribution is 2.38. The fourth-order valence-electron chi connectivity index (χ4n) is 3.01. The molecule has 0 saturated heterocycles. The van der Waals surface area contributed by atoms with Gasteiger partial charge in [0.05, 0.1) is 11.4 Å². The minimum atomic E-state index is 1.09. The van der Waals surface area contributed by atoms with Gasteiger partial charge in [-0.3, -0.25) is 0 Å². The molecule has 0 fully saturated rings. The molecule has 0 aliphatic carbocycles. The number of para-hydroxylation sites is 1. The first-order valence-electron chi connectivity index (χ1n) is 7.92. The average Bonchev–Trinajstić information content (AvgIpc) is 3.01. The molecule has 0 saturated carbocycles. The van der Waals surface area contributed by atoms with E-state index in [4.69, 9.17) is 0 Å². The van der Waals surface area contributed by atoms with Gasteiger partial charge in [0.1, 0.15) is 0 Å². The summed E-state index contributed by atoms with van der Waals surface area (Å²) in [5, 5.41) is 0. The van der Waals surface area contributed by atoms with Gasteiger partial charge in [-0.05, 0) is 45.3 Å². The molecule has 0 aliphatic rings. The molecule has 0 spiro atoms. The van der Waals surface area contributed by atoms with Crippen LogP contribution in [0.3, 0.4) is 0 Å². The predicted octanol–water partition coefficient (Wildman–Crippen LogP) is 6.57. The van der Waals surface area contributed by atoms with Crippen LogP contribution >= 0.6 is 15.9 Å².